The standard InChI is InChI=1S/C39H44BrN3O4/c1-39(2,3)47-38(46)43-23-22-41(26-29-14-7-4-8-15-29)37(45)35(43)36(44)34(25-32-20-13-21-33(40)24-32)42(27-30-16-9-5-10-17-30)28-31-18-11-6-12-19-31/h4-21,24,34-36,44H,22-23,25-28H2,1-3H3/t34-,35+,36+/m1/s1. The number of piperazine rings is 1. The lowest BCUT2D eigenvalue weighted by Gasteiger charge is -2.46. The van der Waals surface area contributed by atoms with Gasteiger partial charge in [0.1, 0.15) is 11.6 Å². The predicted molar refractivity (Wildman–Crippen MR) is 188 cm³/mol. The fraction of sp³-hybridized carbons (Fsp3) is 0.333. The molecule has 7 nitrogen and oxygen atoms in total. The second kappa shape index (κ2) is 15.7. The van der Waals surface area contributed by atoms with Crippen molar-refractivity contribution in [1.29, 1.82) is 0 Å². The van der Waals surface area contributed by atoms with E-state index in [-0.39, 0.29) is 12.5 Å². The van der Waals surface area contributed by atoms with Crippen LogP contribution in [0.15, 0.2) is 120 Å². The zero-order valence-electron chi connectivity index (χ0n) is 27.3. The molecular weight excluding hydrogens is 654 g/mol. The lowest BCUT2D eigenvalue weighted by atomic mass is 9.91. The molecule has 2 amide bonds. The largest absolute Gasteiger partial charge is 0.444 e. The van der Waals surface area contributed by atoms with Gasteiger partial charge in [-0.15, -0.1) is 0 Å². The third-order valence-corrected chi connectivity index (χ3v) is 8.83. The molecule has 0 saturated carbocycles. The third-order valence-electron chi connectivity index (χ3n) is 8.33. The van der Waals surface area contributed by atoms with Crippen LogP contribution in [0.25, 0.3) is 0 Å². The monoisotopic (exact) mass is 697 g/mol. The van der Waals surface area contributed by atoms with Gasteiger partial charge in [-0.1, -0.05) is 119 Å². The number of amides is 2. The van der Waals surface area contributed by atoms with Crippen molar-refractivity contribution >= 4 is 27.9 Å². The molecule has 1 fully saturated rings. The van der Waals surface area contributed by atoms with E-state index in [1.807, 2.05) is 91.0 Å². The zero-order chi connectivity index (χ0) is 33.4. The minimum Gasteiger partial charge on any atom is -0.444 e. The highest BCUT2D eigenvalue weighted by Crippen LogP contribution is 2.28. The molecule has 8 heteroatoms. The molecule has 3 atom stereocenters. The average molecular weight is 699 g/mol. The number of benzene rings is 4. The molecule has 246 valence electrons. The molecule has 0 bridgehead atoms. The van der Waals surface area contributed by atoms with Crippen molar-refractivity contribution in [3.63, 3.8) is 0 Å². The van der Waals surface area contributed by atoms with Gasteiger partial charge in [0.15, 0.2) is 0 Å². The summed E-state index contributed by atoms with van der Waals surface area (Å²) in [4.78, 5) is 33.6. The van der Waals surface area contributed by atoms with Gasteiger partial charge in [0, 0.05) is 43.2 Å². The Morgan fingerprint density at radius 3 is 1.89 bits per heavy atom. The van der Waals surface area contributed by atoms with Gasteiger partial charge >= 0.3 is 6.09 Å². The maximum Gasteiger partial charge on any atom is 0.411 e. The molecule has 1 saturated heterocycles. The molecule has 0 aliphatic carbocycles. The van der Waals surface area contributed by atoms with E-state index >= 15 is 0 Å². The first-order valence-corrected chi connectivity index (χ1v) is 16.9. The molecule has 0 radical (unpaired) electrons. The summed E-state index contributed by atoms with van der Waals surface area (Å²) < 4.78 is 6.74. The van der Waals surface area contributed by atoms with E-state index in [4.69, 9.17) is 4.74 Å². The minimum absolute atomic E-state index is 0.246. The Morgan fingerprint density at radius 1 is 0.830 bits per heavy atom. The molecule has 47 heavy (non-hydrogen) atoms. The summed E-state index contributed by atoms with van der Waals surface area (Å²) >= 11 is 3.61. The minimum atomic E-state index is -1.24. The molecule has 4 aromatic carbocycles. The molecule has 4 aromatic rings. The Morgan fingerprint density at radius 2 is 1.36 bits per heavy atom. The van der Waals surface area contributed by atoms with E-state index in [0.29, 0.717) is 32.6 Å². The SMILES string of the molecule is CC(C)(C)OC(=O)N1CCN(Cc2ccccc2)C(=O)[C@@H]1[C@@H](O)[C@@H](Cc1cccc(Br)c1)N(Cc1ccccc1)Cc1ccccc1. The number of carbonyl (C=O) groups is 2. The highest BCUT2D eigenvalue weighted by atomic mass is 79.9. The van der Waals surface area contributed by atoms with E-state index in [0.717, 1.165) is 26.7 Å². The van der Waals surface area contributed by atoms with Crippen LogP contribution in [0.3, 0.4) is 0 Å². The Labute approximate surface area is 286 Å². The number of carbonyl (C=O) groups excluding carboxylic acids is 2. The van der Waals surface area contributed by atoms with E-state index in [2.05, 4.69) is 45.1 Å². The van der Waals surface area contributed by atoms with Gasteiger partial charge in [-0.3, -0.25) is 14.6 Å². The molecule has 1 N–H and O–H groups in total. The van der Waals surface area contributed by atoms with Gasteiger partial charge in [0.2, 0.25) is 5.91 Å². The van der Waals surface area contributed by atoms with Crippen LogP contribution in [0.2, 0.25) is 0 Å². The molecule has 1 aliphatic heterocycles. The van der Waals surface area contributed by atoms with Crippen molar-refractivity contribution in [3.05, 3.63) is 142 Å². The van der Waals surface area contributed by atoms with Crippen LogP contribution in [0.4, 0.5) is 4.79 Å². The first-order chi connectivity index (χ1) is 22.6. The quantitative estimate of drug-likeness (QED) is 0.182. The number of rotatable bonds is 11. The fourth-order valence-electron chi connectivity index (χ4n) is 6.12. The van der Waals surface area contributed by atoms with E-state index in [1.54, 1.807) is 25.7 Å². The number of hydrogen-bond donors (Lipinski definition) is 1. The lowest BCUT2D eigenvalue weighted by molar-refractivity contribution is -0.150. The fourth-order valence-corrected chi connectivity index (χ4v) is 6.57. The second-order valence-electron chi connectivity index (χ2n) is 13.1. The van der Waals surface area contributed by atoms with Crippen LogP contribution in [0.5, 0.6) is 0 Å². The van der Waals surface area contributed by atoms with Gasteiger partial charge in [0.25, 0.3) is 0 Å². The van der Waals surface area contributed by atoms with Gasteiger partial charge in [-0.05, 0) is 61.6 Å². The third kappa shape index (κ3) is 9.53. The molecular formula is C39H44BrN3O4. The topological polar surface area (TPSA) is 73.3 Å². The zero-order valence-corrected chi connectivity index (χ0v) is 28.9. The van der Waals surface area contributed by atoms with Crippen LogP contribution in [0, 0.1) is 0 Å². The first kappa shape index (κ1) is 34.4. The van der Waals surface area contributed by atoms with Crippen molar-refractivity contribution < 1.29 is 19.4 Å². The molecule has 5 rings (SSSR count). The molecule has 1 aliphatic rings. The van der Waals surface area contributed by atoms with Gasteiger partial charge in [-0.25, -0.2) is 4.79 Å². The molecule has 0 spiro atoms. The summed E-state index contributed by atoms with van der Waals surface area (Å²) in [6.45, 7) is 7.46. The van der Waals surface area contributed by atoms with Crippen molar-refractivity contribution in [3.8, 4) is 0 Å². The van der Waals surface area contributed by atoms with E-state index in [1.165, 1.54) is 4.90 Å². The number of hydrogen-bond acceptors (Lipinski definition) is 5. The number of aliphatic hydroxyl groups excluding tert-OH is 1. The summed E-state index contributed by atoms with van der Waals surface area (Å²) in [6.07, 6.45) is -1.39. The normalized spacial score (nSPS) is 16.6. The van der Waals surface area contributed by atoms with Crippen molar-refractivity contribution in [2.75, 3.05) is 13.1 Å². The summed E-state index contributed by atoms with van der Waals surface area (Å²) in [5.41, 5.74) is 3.39. The summed E-state index contributed by atoms with van der Waals surface area (Å²) in [5, 5.41) is 12.6. The molecule has 1 heterocycles. The van der Waals surface area contributed by atoms with Crippen LogP contribution >= 0.6 is 15.9 Å². The summed E-state index contributed by atoms with van der Waals surface area (Å²) in [6, 6.07) is 36.4. The van der Waals surface area contributed by atoms with Crippen LogP contribution in [0.1, 0.15) is 43.0 Å². The lowest BCUT2D eigenvalue weighted by Crippen LogP contribution is -2.66. The van der Waals surface area contributed by atoms with Gasteiger partial charge in [-0.2, -0.15) is 0 Å². The Hall–Kier alpha value is -3.98. The molecule has 0 aromatic heterocycles. The Kier molecular flexibility index (Phi) is 11.5. The summed E-state index contributed by atoms with van der Waals surface area (Å²) in [5.74, 6) is -0.294. The van der Waals surface area contributed by atoms with Crippen molar-refractivity contribution in [2.45, 2.75) is 70.6 Å². The van der Waals surface area contributed by atoms with E-state index < -0.39 is 29.9 Å². The predicted octanol–water partition coefficient (Wildman–Crippen LogP) is 7.07. The summed E-state index contributed by atoms with van der Waals surface area (Å²) in [7, 11) is 0. The van der Waals surface area contributed by atoms with Gasteiger partial charge < -0.3 is 14.7 Å². The average Bonchev–Trinajstić information content (AvgIpc) is 3.04. The van der Waals surface area contributed by atoms with Crippen molar-refractivity contribution in [2.24, 2.45) is 0 Å². The van der Waals surface area contributed by atoms with Crippen LogP contribution < -0.4 is 0 Å². The first-order valence-electron chi connectivity index (χ1n) is 16.1. The number of aliphatic hydroxyl groups is 1. The smallest absolute Gasteiger partial charge is 0.411 e. The highest BCUT2D eigenvalue weighted by molar-refractivity contribution is 9.10. The molecule has 0 unspecified atom stereocenters. The number of ether oxygens (including phenoxy) is 1. The highest BCUT2D eigenvalue weighted by Gasteiger charge is 2.47. The Balaban J connectivity index is 1.57. The van der Waals surface area contributed by atoms with E-state index in [9.17, 15) is 14.7 Å². The van der Waals surface area contributed by atoms with Crippen molar-refractivity contribution in [1.82, 2.24) is 14.7 Å². The maximum absolute atomic E-state index is 14.5. The van der Waals surface area contributed by atoms with Gasteiger partial charge in [0.05, 0.1) is 6.10 Å². The van der Waals surface area contributed by atoms with Crippen LogP contribution in [-0.2, 0) is 35.6 Å². The number of halogens is 1. The van der Waals surface area contributed by atoms with Crippen LogP contribution in [-0.4, -0.2) is 68.7 Å². The number of nitrogens with zero attached hydrogens (tertiary/aromatic N) is 3. The Bertz CT molecular complexity index is 1560. The maximum atomic E-state index is 14.5. The second-order valence-corrected chi connectivity index (χ2v) is 14.0.